The van der Waals surface area contributed by atoms with Gasteiger partial charge in [0.2, 0.25) is 10.0 Å². The summed E-state index contributed by atoms with van der Waals surface area (Å²) in [6, 6.07) is 3.24. The highest BCUT2D eigenvalue weighted by Crippen LogP contribution is 2.19. The number of hydrogen-bond donors (Lipinski definition) is 2. The Bertz CT molecular complexity index is 360. The second-order valence-electron chi connectivity index (χ2n) is 2.30. The van der Waals surface area contributed by atoms with Crippen LogP contribution in [0.2, 0.25) is 0 Å². The SMILES string of the molecule is Cl.NCCc1ccc(S(N)(=O)=O)s1. The molecule has 0 aliphatic carbocycles. The van der Waals surface area contributed by atoms with E-state index in [1.54, 1.807) is 6.07 Å². The second-order valence-corrected chi connectivity index (χ2v) is 5.26. The number of primary sulfonamides is 1. The lowest BCUT2D eigenvalue weighted by Crippen LogP contribution is -2.09. The molecule has 13 heavy (non-hydrogen) atoms. The molecule has 0 aromatic carbocycles. The average Bonchev–Trinajstić information content (AvgIpc) is 2.35. The first-order chi connectivity index (χ1) is 5.54. The van der Waals surface area contributed by atoms with Crippen LogP contribution in [0, 0.1) is 0 Å². The van der Waals surface area contributed by atoms with Crippen LogP contribution in [0.15, 0.2) is 16.3 Å². The van der Waals surface area contributed by atoms with Gasteiger partial charge in [-0.15, -0.1) is 23.7 Å². The highest BCUT2D eigenvalue weighted by Gasteiger charge is 2.10. The van der Waals surface area contributed by atoms with Crippen molar-refractivity contribution in [2.45, 2.75) is 10.6 Å². The van der Waals surface area contributed by atoms with E-state index in [-0.39, 0.29) is 16.6 Å². The van der Waals surface area contributed by atoms with Crippen molar-refractivity contribution in [2.75, 3.05) is 6.54 Å². The molecule has 1 rings (SSSR count). The molecule has 0 spiro atoms. The maximum atomic E-state index is 10.8. The average molecular weight is 243 g/mol. The molecule has 4 nitrogen and oxygen atoms in total. The van der Waals surface area contributed by atoms with E-state index in [2.05, 4.69) is 0 Å². The van der Waals surface area contributed by atoms with Gasteiger partial charge in [-0.3, -0.25) is 0 Å². The van der Waals surface area contributed by atoms with E-state index >= 15 is 0 Å². The van der Waals surface area contributed by atoms with Crippen LogP contribution in [0.5, 0.6) is 0 Å². The molecule has 0 fully saturated rings. The fraction of sp³-hybridized carbons (Fsp3) is 0.333. The van der Waals surface area contributed by atoms with Crippen LogP contribution in [0.25, 0.3) is 0 Å². The summed E-state index contributed by atoms with van der Waals surface area (Å²) in [5.41, 5.74) is 5.30. The molecule has 0 aliphatic rings. The second kappa shape index (κ2) is 4.92. The smallest absolute Gasteiger partial charge is 0.247 e. The van der Waals surface area contributed by atoms with Gasteiger partial charge in [-0.2, -0.15) is 0 Å². The largest absolute Gasteiger partial charge is 0.330 e. The third-order valence-corrected chi connectivity index (χ3v) is 3.89. The number of hydrogen-bond acceptors (Lipinski definition) is 4. The zero-order valence-electron chi connectivity index (χ0n) is 6.76. The lowest BCUT2D eigenvalue weighted by atomic mass is 10.3. The highest BCUT2D eigenvalue weighted by atomic mass is 35.5. The van der Waals surface area contributed by atoms with E-state index in [4.69, 9.17) is 10.9 Å². The van der Waals surface area contributed by atoms with Crippen LogP contribution in [0.4, 0.5) is 0 Å². The molecule has 0 atom stereocenters. The minimum absolute atomic E-state index is 0. The maximum Gasteiger partial charge on any atom is 0.247 e. The zero-order chi connectivity index (χ0) is 9.19. The van der Waals surface area contributed by atoms with Crippen LogP contribution in [-0.4, -0.2) is 15.0 Å². The standard InChI is InChI=1S/C6H10N2O2S2.ClH/c7-4-3-5-1-2-6(11-5)12(8,9)10;/h1-2H,3-4,7H2,(H2,8,9,10);1H. The Morgan fingerprint density at radius 1 is 1.38 bits per heavy atom. The first-order valence-electron chi connectivity index (χ1n) is 3.35. The van der Waals surface area contributed by atoms with E-state index in [9.17, 15) is 8.42 Å². The molecule has 0 radical (unpaired) electrons. The number of rotatable bonds is 3. The fourth-order valence-corrected chi connectivity index (χ4v) is 2.58. The quantitative estimate of drug-likeness (QED) is 0.800. The van der Waals surface area contributed by atoms with E-state index in [0.717, 1.165) is 4.88 Å². The molecule has 0 unspecified atom stereocenters. The summed E-state index contributed by atoms with van der Waals surface area (Å²) in [6.07, 6.45) is 0.695. The third-order valence-electron chi connectivity index (χ3n) is 1.31. The van der Waals surface area contributed by atoms with Crippen molar-refractivity contribution in [3.8, 4) is 0 Å². The first-order valence-corrected chi connectivity index (χ1v) is 5.72. The molecule has 7 heteroatoms. The Hall–Kier alpha value is -0.140. The summed E-state index contributed by atoms with van der Waals surface area (Å²) in [6.45, 7) is 0.518. The number of sulfonamides is 1. The van der Waals surface area contributed by atoms with Crippen LogP contribution in [0.1, 0.15) is 4.88 Å². The highest BCUT2D eigenvalue weighted by molar-refractivity contribution is 7.91. The molecule has 0 amide bonds. The van der Waals surface area contributed by atoms with Crippen LogP contribution in [-0.2, 0) is 16.4 Å². The van der Waals surface area contributed by atoms with Crippen molar-refractivity contribution in [1.82, 2.24) is 0 Å². The van der Waals surface area contributed by atoms with Gasteiger partial charge in [-0.25, -0.2) is 13.6 Å². The molecule has 0 saturated carbocycles. The minimum Gasteiger partial charge on any atom is -0.330 e. The maximum absolute atomic E-state index is 10.8. The summed E-state index contributed by atoms with van der Waals surface area (Å²) in [7, 11) is -3.52. The molecule has 0 saturated heterocycles. The molecule has 4 N–H and O–H groups in total. The summed E-state index contributed by atoms with van der Waals surface area (Å²) in [5, 5.41) is 4.92. The normalized spacial score (nSPS) is 10.9. The minimum atomic E-state index is -3.52. The molecular formula is C6H11ClN2O2S2. The number of nitrogens with two attached hydrogens (primary N) is 2. The van der Waals surface area contributed by atoms with Crippen molar-refractivity contribution in [3.05, 3.63) is 17.0 Å². The monoisotopic (exact) mass is 242 g/mol. The first kappa shape index (κ1) is 12.9. The summed E-state index contributed by atoms with van der Waals surface area (Å²) < 4.78 is 21.8. The Kier molecular flexibility index (Phi) is 4.87. The Morgan fingerprint density at radius 3 is 2.38 bits per heavy atom. The van der Waals surface area contributed by atoms with Gasteiger partial charge in [-0.05, 0) is 25.1 Å². The topological polar surface area (TPSA) is 86.2 Å². The van der Waals surface area contributed by atoms with E-state index in [1.807, 2.05) is 0 Å². The van der Waals surface area contributed by atoms with Gasteiger partial charge < -0.3 is 5.73 Å². The van der Waals surface area contributed by atoms with Gasteiger partial charge in [-0.1, -0.05) is 0 Å². The van der Waals surface area contributed by atoms with Crippen molar-refractivity contribution >= 4 is 33.8 Å². The van der Waals surface area contributed by atoms with Crippen molar-refractivity contribution in [2.24, 2.45) is 10.9 Å². The third kappa shape index (κ3) is 3.61. The molecule has 76 valence electrons. The molecular weight excluding hydrogens is 232 g/mol. The van der Waals surface area contributed by atoms with E-state index < -0.39 is 10.0 Å². The molecule has 0 aliphatic heterocycles. The lowest BCUT2D eigenvalue weighted by Gasteiger charge is -1.90. The molecule has 1 aromatic rings. The number of thiophene rings is 1. The van der Waals surface area contributed by atoms with Crippen molar-refractivity contribution in [1.29, 1.82) is 0 Å². The summed E-state index contributed by atoms with van der Waals surface area (Å²) in [5.74, 6) is 0. The summed E-state index contributed by atoms with van der Waals surface area (Å²) in [4.78, 5) is 0.946. The van der Waals surface area contributed by atoms with E-state index in [1.165, 1.54) is 17.4 Å². The van der Waals surface area contributed by atoms with Gasteiger partial charge in [0.15, 0.2) is 0 Å². The van der Waals surface area contributed by atoms with Gasteiger partial charge in [0.1, 0.15) is 4.21 Å². The summed E-state index contributed by atoms with van der Waals surface area (Å²) >= 11 is 1.17. The van der Waals surface area contributed by atoms with Gasteiger partial charge >= 0.3 is 0 Å². The van der Waals surface area contributed by atoms with Gasteiger partial charge in [0.25, 0.3) is 0 Å². The Labute approximate surface area is 87.4 Å². The molecule has 1 aromatic heterocycles. The van der Waals surface area contributed by atoms with Crippen LogP contribution < -0.4 is 10.9 Å². The van der Waals surface area contributed by atoms with Crippen molar-refractivity contribution < 1.29 is 8.42 Å². The van der Waals surface area contributed by atoms with Crippen molar-refractivity contribution in [3.63, 3.8) is 0 Å². The number of halogens is 1. The predicted octanol–water partition coefficient (Wildman–Crippen LogP) is 0.318. The van der Waals surface area contributed by atoms with E-state index in [0.29, 0.717) is 13.0 Å². The Morgan fingerprint density at radius 2 is 2.00 bits per heavy atom. The molecule has 1 heterocycles. The predicted molar refractivity (Wildman–Crippen MR) is 55.7 cm³/mol. The van der Waals surface area contributed by atoms with Crippen LogP contribution in [0.3, 0.4) is 0 Å². The van der Waals surface area contributed by atoms with Gasteiger partial charge in [0, 0.05) is 4.88 Å². The fourth-order valence-electron chi connectivity index (χ4n) is 0.788. The lowest BCUT2D eigenvalue weighted by molar-refractivity contribution is 0.600. The van der Waals surface area contributed by atoms with Gasteiger partial charge in [0.05, 0.1) is 0 Å². The Balaban J connectivity index is 0.00000144. The van der Waals surface area contributed by atoms with Crippen LogP contribution >= 0.6 is 23.7 Å². The molecule has 0 bridgehead atoms. The zero-order valence-corrected chi connectivity index (χ0v) is 9.21.